The first kappa shape index (κ1) is 24.7. The van der Waals surface area contributed by atoms with Crippen molar-refractivity contribution >= 4 is 11.8 Å². The Morgan fingerprint density at radius 3 is 1.77 bits per heavy atom. The summed E-state index contributed by atoms with van der Waals surface area (Å²) < 4.78 is 21.3. The fourth-order valence-electron chi connectivity index (χ4n) is 1.70. The lowest BCUT2D eigenvalue weighted by Gasteiger charge is -2.10. The number of carbonyl (C=O) groups excluding carboxylic acids is 2. The van der Waals surface area contributed by atoms with Gasteiger partial charge in [-0.05, 0) is 14.1 Å². The van der Waals surface area contributed by atoms with Crippen molar-refractivity contribution in [3.8, 4) is 0 Å². The number of hydrogen-bond donors (Lipinski definition) is 2. The molecule has 0 saturated heterocycles. The Balaban J connectivity index is 3.21. The molecule has 0 aliphatic rings. The van der Waals surface area contributed by atoms with Gasteiger partial charge in [0.25, 0.3) is 0 Å². The molecule has 2 amide bonds. The first-order valence-electron chi connectivity index (χ1n) is 8.99. The van der Waals surface area contributed by atoms with E-state index in [9.17, 15) is 9.59 Å². The largest absolute Gasteiger partial charge is 0.379 e. The number of nitrogens with one attached hydrogen (secondary N) is 2. The highest BCUT2D eigenvalue weighted by molar-refractivity contribution is 5.76. The van der Waals surface area contributed by atoms with Crippen molar-refractivity contribution in [3.63, 3.8) is 0 Å². The molecule has 0 heterocycles. The maximum atomic E-state index is 11.6. The summed E-state index contributed by atoms with van der Waals surface area (Å²) in [4.78, 5) is 24.6. The molecule has 0 aromatic carbocycles. The van der Waals surface area contributed by atoms with Crippen LogP contribution in [0.1, 0.15) is 12.8 Å². The summed E-state index contributed by atoms with van der Waals surface area (Å²) in [7, 11) is 5.58. The van der Waals surface area contributed by atoms with Crippen LogP contribution in [0.15, 0.2) is 0 Å². The van der Waals surface area contributed by atoms with Crippen LogP contribution in [-0.2, 0) is 28.5 Å². The molecule has 0 bridgehead atoms. The second kappa shape index (κ2) is 18.5. The van der Waals surface area contributed by atoms with Crippen LogP contribution in [0.25, 0.3) is 0 Å². The highest BCUT2D eigenvalue weighted by atomic mass is 16.5. The molecule has 2 N–H and O–H groups in total. The fraction of sp³-hybridized carbons (Fsp3) is 0.882. The molecule has 0 aromatic rings. The van der Waals surface area contributed by atoms with Gasteiger partial charge >= 0.3 is 0 Å². The predicted octanol–water partition coefficient (Wildman–Crippen LogP) is -0.743. The van der Waals surface area contributed by atoms with Gasteiger partial charge in [-0.15, -0.1) is 0 Å². The van der Waals surface area contributed by atoms with Crippen LogP contribution in [0.2, 0.25) is 0 Å². The van der Waals surface area contributed by atoms with E-state index in [-0.39, 0.29) is 11.8 Å². The SMILES string of the molecule is CNC(=O)CCOCCOCCNC(=O)CCOCCOCCN(C)C. The Bertz CT molecular complexity index is 355. The number of hydrogen-bond acceptors (Lipinski definition) is 7. The molecule has 9 nitrogen and oxygen atoms in total. The van der Waals surface area contributed by atoms with Crippen molar-refractivity contribution in [2.45, 2.75) is 12.8 Å². The molecule has 0 radical (unpaired) electrons. The monoisotopic (exact) mass is 377 g/mol. The second-order valence-electron chi connectivity index (χ2n) is 5.78. The number of rotatable bonds is 18. The Kier molecular flexibility index (Phi) is 17.6. The Morgan fingerprint density at radius 1 is 0.731 bits per heavy atom. The molecule has 0 atom stereocenters. The summed E-state index contributed by atoms with van der Waals surface area (Å²) in [5.74, 6) is -0.113. The first-order valence-corrected chi connectivity index (χ1v) is 8.99. The van der Waals surface area contributed by atoms with Gasteiger partial charge in [-0.3, -0.25) is 9.59 Å². The third-order valence-electron chi connectivity index (χ3n) is 3.22. The zero-order valence-corrected chi connectivity index (χ0v) is 16.4. The predicted molar refractivity (Wildman–Crippen MR) is 98.1 cm³/mol. The summed E-state index contributed by atoms with van der Waals surface area (Å²) in [6, 6.07) is 0. The van der Waals surface area contributed by atoms with Gasteiger partial charge in [-0.25, -0.2) is 0 Å². The van der Waals surface area contributed by atoms with Crippen LogP contribution in [0, 0.1) is 0 Å². The van der Waals surface area contributed by atoms with E-state index in [2.05, 4.69) is 15.5 Å². The van der Waals surface area contributed by atoms with E-state index in [0.29, 0.717) is 72.2 Å². The zero-order chi connectivity index (χ0) is 19.5. The van der Waals surface area contributed by atoms with Crippen LogP contribution in [0.3, 0.4) is 0 Å². The maximum Gasteiger partial charge on any atom is 0.222 e. The minimum absolute atomic E-state index is 0.0468. The van der Waals surface area contributed by atoms with Crippen LogP contribution in [-0.4, -0.2) is 104 Å². The van der Waals surface area contributed by atoms with Crippen molar-refractivity contribution in [1.29, 1.82) is 0 Å². The quantitative estimate of drug-likeness (QED) is 0.304. The summed E-state index contributed by atoms with van der Waals surface area (Å²) in [6.45, 7) is 5.07. The summed E-state index contributed by atoms with van der Waals surface area (Å²) in [5, 5.41) is 5.28. The number of nitrogens with zero attached hydrogens (tertiary/aromatic N) is 1. The third kappa shape index (κ3) is 19.1. The van der Waals surface area contributed by atoms with Crippen LogP contribution < -0.4 is 10.6 Å². The van der Waals surface area contributed by atoms with E-state index in [4.69, 9.17) is 18.9 Å². The van der Waals surface area contributed by atoms with Gasteiger partial charge in [-0.2, -0.15) is 0 Å². The molecule has 0 unspecified atom stereocenters. The van der Waals surface area contributed by atoms with E-state index in [0.717, 1.165) is 6.54 Å². The maximum absolute atomic E-state index is 11.6. The number of carbonyl (C=O) groups is 2. The lowest BCUT2D eigenvalue weighted by atomic mass is 10.4. The molecule has 0 aliphatic carbocycles. The van der Waals surface area contributed by atoms with Crippen molar-refractivity contribution in [1.82, 2.24) is 15.5 Å². The van der Waals surface area contributed by atoms with E-state index in [1.54, 1.807) is 7.05 Å². The van der Waals surface area contributed by atoms with Gasteiger partial charge < -0.3 is 34.5 Å². The fourth-order valence-corrected chi connectivity index (χ4v) is 1.70. The molecular weight excluding hydrogens is 342 g/mol. The molecule has 0 spiro atoms. The Labute approximate surface area is 156 Å². The van der Waals surface area contributed by atoms with Gasteiger partial charge in [0, 0.05) is 33.0 Å². The molecule has 9 heteroatoms. The van der Waals surface area contributed by atoms with E-state index in [1.165, 1.54) is 0 Å². The van der Waals surface area contributed by atoms with E-state index in [1.807, 2.05) is 14.1 Å². The number of amides is 2. The average Bonchev–Trinajstić information content (AvgIpc) is 2.61. The van der Waals surface area contributed by atoms with Gasteiger partial charge in [0.2, 0.25) is 11.8 Å². The van der Waals surface area contributed by atoms with Crippen molar-refractivity contribution in [3.05, 3.63) is 0 Å². The minimum atomic E-state index is -0.0658. The number of ether oxygens (including phenoxy) is 4. The van der Waals surface area contributed by atoms with Gasteiger partial charge in [0.05, 0.1) is 52.9 Å². The lowest BCUT2D eigenvalue weighted by molar-refractivity contribution is -0.122. The highest BCUT2D eigenvalue weighted by Crippen LogP contribution is 1.86. The van der Waals surface area contributed by atoms with Gasteiger partial charge in [-0.1, -0.05) is 0 Å². The molecular formula is C17H35N3O6. The molecule has 0 saturated carbocycles. The summed E-state index contributed by atoms with van der Waals surface area (Å²) >= 11 is 0. The van der Waals surface area contributed by atoms with Crippen LogP contribution in [0.5, 0.6) is 0 Å². The zero-order valence-electron chi connectivity index (χ0n) is 16.4. The average molecular weight is 377 g/mol. The topological polar surface area (TPSA) is 98.4 Å². The van der Waals surface area contributed by atoms with Gasteiger partial charge in [0.15, 0.2) is 0 Å². The standard InChI is InChI=1S/C17H35N3O6/c1-18-16(21)4-8-23-12-14-25-10-6-19-17(22)5-9-24-13-15-26-11-7-20(2)3/h4-15H2,1-3H3,(H,18,21)(H,19,22). The molecule has 0 rings (SSSR count). The minimum Gasteiger partial charge on any atom is -0.379 e. The smallest absolute Gasteiger partial charge is 0.222 e. The van der Waals surface area contributed by atoms with Crippen molar-refractivity contribution in [2.24, 2.45) is 0 Å². The van der Waals surface area contributed by atoms with Crippen LogP contribution in [0.4, 0.5) is 0 Å². The van der Waals surface area contributed by atoms with Crippen molar-refractivity contribution in [2.75, 3.05) is 87.1 Å². The molecule has 26 heavy (non-hydrogen) atoms. The molecule has 0 fully saturated rings. The van der Waals surface area contributed by atoms with Crippen LogP contribution >= 0.6 is 0 Å². The molecule has 154 valence electrons. The summed E-state index contributed by atoms with van der Waals surface area (Å²) in [6.07, 6.45) is 0.664. The third-order valence-corrected chi connectivity index (χ3v) is 3.22. The molecule has 0 aromatic heterocycles. The molecule has 0 aliphatic heterocycles. The lowest BCUT2D eigenvalue weighted by Crippen LogP contribution is -2.28. The first-order chi connectivity index (χ1) is 12.6. The number of likely N-dealkylation sites (N-methyl/N-ethyl adjacent to an activating group) is 1. The highest BCUT2D eigenvalue weighted by Gasteiger charge is 2.01. The Hall–Kier alpha value is -1.26. The normalized spacial score (nSPS) is 10.9. The summed E-state index contributed by atoms with van der Waals surface area (Å²) in [5.41, 5.74) is 0. The van der Waals surface area contributed by atoms with E-state index < -0.39 is 0 Å². The van der Waals surface area contributed by atoms with Crippen molar-refractivity contribution < 1.29 is 28.5 Å². The Morgan fingerprint density at radius 2 is 1.23 bits per heavy atom. The van der Waals surface area contributed by atoms with E-state index >= 15 is 0 Å². The second-order valence-corrected chi connectivity index (χ2v) is 5.78. The van der Waals surface area contributed by atoms with Gasteiger partial charge in [0.1, 0.15) is 0 Å².